The molecule has 0 bridgehead atoms. The summed E-state index contributed by atoms with van der Waals surface area (Å²) in [5.74, 6) is -0.603. The first kappa shape index (κ1) is 12.1. The number of rotatable bonds is 2. The molecule has 3 N–H and O–H groups in total. The summed E-state index contributed by atoms with van der Waals surface area (Å²) in [7, 11) is 0. The largest absolute Gasteiger partial charge is 0.573 e. The van der Waals surface area contributed by atoms with Crippen molar-refractivity contribution in [3.8, 4) is 5.75 Å². The fourth-order valence-electron chi connectivity index (χ4n) is 0.903. The Bertz CT molecular complexity index is 416. The van der Waals surface area contributed by atoms with Crippen molar-refractivity contribution in [1.82, 2.24) is 4.98 Å². The second kappa shape index (κ2) is 4.23. The first-order valence-electron chi connectivity index (χ1n) is 3.71. The lowest BCUT2D eigenvalue weighted by atomic mass is 10.2. The molecule has 8 heteroatoms. The average molecular weight is 287 g/mol. The van der Waals surface area contributed by atoms with Crippen LogP contribution in [0.4, 0.5) is 13.2 Å². The fourth-order valence-corrected chi connectivity index (χ4v) is 1.35. The predicted octanol–water partition coefficient (Wildman–Crippen LogP) is 1.49. The minimum atomic E-state index is -4.86. The average Bonchev–Trinajstić information content (AvgIpc) is 2.11. The van der Waals surface area contributed by atoms with Crippen LogP contribution in [0.25, 0.3) is 0 Å². The number of aromatic amines is 1. The Morgan fingerprint density at radius 2 is 2.13 bits per heavy atom. The summed E-state index contributed by atoms with van der Waals surface area (Å²) in [5, 5.41) is 0. The molecule has 0 fully saturated rings. The first-order valence-corrected chi connectivity index (χ1v) is 4.50. The Labute approximate surface area is 90.4 Å². The summed E-state index contributed by atoms with van der Waals surface area (Å²) in [4.78, 5) is 13.2. The van der Waals surface area contributed by atoms with Gasteiger partial charge in [-0.2, -0.15) is 0 Å². The van der Waals surface area contributed by atoms with E-state index in [2.05, 4.69) is 25.7 Å². The maximum atomic E-state index is 12.0. The second-order valence-corrected chi connectivity index (χ2v) is 3.33. The molecule has 0 aliphatic carbocycles. The van der Waals surface area contributed by atoms with E-state index in [1.807, 2.05) is 0 Å². The summed E-state index contributed by atoms with van der Waals surface area (Å²) in [6.45, 7) is -0.180. The lowest BCUT2D eigenvalue weighted by Gasteiger charge is -2.12. The van der Waals surface area contributed by atoms with E-state index in [1.165, 1.54) is 0 Å². The quantitative estimate of drug-likeness (QED) is 0.866. The molecular formula is C7H6BrF3N2O2. The van der Waals surface area contributed by atoms with Crippen molar-refractivity contribution < 1.29 is 17.9 Å². The molecule has 4 nitrogen and oxygen atoms in total. The van der Waals surface area contributed by atoms with Gasteiger partial charge < -0.3 is 15.5 Å². The van der Waals surface area contributed by atoms with E-state index in [1.54, 1.807) is 0 Å². The van der Waals surface area contributed by atoms with Crippen LogP contribution in [-0.2, 0) is 6.54 Å². The second-order valence-electron chi connectivity index (χ2n) is 2.54. The van der Waals surface area contributed by atoms with Gasteiger partial charge >= 0.3 is 6.36 Å². The lowest BCUT2D eigenvalue weighted by molar-refractivity contribution is -0.275. The Morgan fingerprint density at radius 3 is 2.60 bits per heavy atom. The molecule has 84 valence electrons. The molecule has 1 rings (SSSR count). The van der Waals surface area contributed by atoms with Gasteiger partial charge in [0.2, 0.25) is 0 Å². The monoisotopic (exact) mass is 286 g/mol. The Hall–Kier alpha value is -1.02. The number of pyridine rings is 1. The molecule has 0 saturated carbocycles. The van der Waals surface area contributed by atoms with Gasteiger partial charge in [0.05, 0.1) is 0 Å². The van der Waals surface area contributed by atoms with Gasteiger partial charge in [0.25, 0.3) is 5.56 Å². The number of aromatic nitrogens is 1. The summed E-state index contributed by atoms with van der Waals surface area (Å²) in [6.07, 6.45) is -3.78. The highest BCUT2D eigenvalue weighted by atomic mass is 79.9. The van der Waals surface area contributed by atoms with E-state index < -0.39 is 17.7 Å². The number of ether oxygens (including phenoxy) is 1. The number of hydrogen-bond acceptors (Lipinski definition) is 3. The van der Waals surface area contributed by atoms with Crippen molar-refractivity contribution >= 4 is 15.9 Å². The molecule has 0 unspecified atom stereocenters. The molecule has 0 spiro atoms. The van der Waals surface area contributed by atoms with Gasteiger partial charge in [-0.15, -0.1) is 13.2 Å². The van der Waals surface area contributed by atoms with Gasteiger partial charge in [0.15, 0.2) is 5.75 Å². The van der Waals surface area contributed by atoms with Crippen molar-refractivity contribution in [2.75, 3.05) is 0 Å². The lowest BCUT2D eigenvalue weighted by Crippen LogP contribution is -2.22. The Kier molecular flexibility index (Phi) is 3.40. The van der Waals surface area contributed by atoms with Crippen molar-refractivity contribution in [2.45, 2.75) is 12.9 Å². The number of nitrogens with two attached hydrogens (primary N) is 1. The topological polar surface area (TPSA) is 68.1 Å². The zero-order chi connectivity index (χ0) is 11.6. The van der Waals surface area contributed by atoms with Gasteiger partial charge in [0.1, 0.15) is 4.47 Å². The predicted molar refractivity (Wildman–Crippen MR) is 49.3 cm³/mol. The van der Waals surface area contributed by atoms with Gasteiger partial charge in [0, 0.05) is 18.3 Å². The molecular weight excluding hydrogens is 281 g/mol. The van der Waals surface area contributed by atoms with Crippen LogP contribution in [0.3, 0.4) is 0 Å². The van der Waals surface area contributed by atoms with Crippen LogP contribution in [0, 0.1) is 0 Å². The number of alkyl halides is 3. The third-order valence-corrected chi connectivity index (χ3v) is 2.23. The number of halogens is 4. The van der Waals surface area contributed by atoms with Crippen molar-refractivity contribution in [3.05, 3.63) is 26.6 Å². The van der Waals surface area contributed by atoms with Gasteiger partial charge in [-0.1, -0.05) is 0 Å². The molecule has 0 atom stereocenters. The van der Waals surface area contributed by atoms with Crippen LogP contribution in [0.15, 0.2) is 15.5 Å². The maximum absolute atomic E-state index is 12.0. The molecule has 0 aliphatic heterocycles. The van der Waals surface area contributed by atoms with Crippen molar-refractivity contribution in [2.24, 2.45) is 5.73 Å². The van der Waals surface area contributed by atoms with E-state index in [9.17, 15) is 18.0 Å². The summed E-state index contributed by atoms with van der Waals surface area (Å²) in [5.41, 5.74) is 4.54. The van der Waals surface area contributed by atoms with Gasteiger partial charge in [-0.3, -0.25) is 4.79 Å². The van der Waals surface area contributed by atoms with Crippen molar-refractivity contribution in [1.29, 1.82) is 0 Å². The van der Waals surface area contributed by atoms with Gasteiger partial charge in [-0.25, -0.2) is 0 Å². The summed E-state index contributed by atoms with van der Waals surface area (Å²) >= 11 is 2.70. The first-order chi connectivity index (χ1) is 6.85. The highest BCUT2D eigenvalue weighted by molar-refractivity contribution is 9.10. The van der Waals surface area contributed by atoms with E-state index in [4.69, 9.17) is 5.73 Å². The van der Waals surface area contributed by atoms with E-state index in [0.29, 0.717) is 0 Å². The number of hydrogen-bond donors (Lipinski definition) is 2. The van der Waals surface area contributed by atoms with Gasteiger partial charge in [-0.05, 0) is 15.9 Å². The Balaban J connectivity index is 3.24. The molecule has 0 saturated heterocycles. The van der Waals surface area contributed by atoms with Crippen LogP contribution < -0.4 is 16.0 Å². The summed E-state index contributed by atoms with van der Waals surface area (Å²) < 4.78 is 39.3. The van der Waals surface area contributed by atoms with E-state index in [0.717, 1.165) is 6.20 Å². The molecule has 0 amide bonds. The fraction of sp³-hybridized carbons (Fsp3) is 0.286. The maximum Gasteiger partial charge on any atom is 0.573 e. The van der Waals surface area contributed by atoms with Crippen LogP contribution in [0.2, 0.25) is 0 Å². The van der Waals surface area contributed by atoms with Crippen LogP contribution in [0.5, 0.6) is 5.75 Å². The molecule has 1 aromatic rings. The third kappa shape index (κ3) is 2.96. The SMILES string of the molecule is NCc1c[nH]c(=O)c(Br)c1OC(F)(F)F. The normalized spacial score (nSPS) is 11.5. The Morgan fingerprint density at radius 1 is 1.53 bits per heavy atom. The zero-order valence-corrected chi connectivity index (χ0v) is 8.78. The molecule has 1 heterocycles. The summed E-state index contributed by atoms with van der Waals surface area (Å²) in [6, 6.07) is 0. The highest BCUT2D eigenvalue weighted by Crippen LogP contribution is 2.30. The zero-order valence-electron chi connectivity index (χ0n) is 7.19. The standard InChI is InChI=1S/C7H6BrF3N2O2/c8-4-5(15-7(9,10)11)3(1-12)2-13-6(4)14/h2H,1,12H2,(H,13,14). The van der Waals surface area contributed by atoms with Crippen LogP contribution in [-0.4, -0.2) is 11.3 Å². The molecule has 15 heavy (non-hydrogen) atoms. The smallest absolute Gasteiger partial charge is 0.404 e. The molecule has 0 aliphatic rings. The minimum absolute atomic E-state index is 0.0544. The third-order valence-electron chi connectivity index (χ3n) is 1.51. The van der Waals surface area contributed by atoms with Crippen molar-refractivity contribution in [3.63, 3.8) is 0 Å². The highest BCUT2D eigenvalue weighted by Gasteiger charge is 2.33. The number of nitrogens with one attached hydrogen (secondary N) is 1. The van der Waals surface area contributed by atoms with E-state index in [-0.39, 0.29) is 16.6 Å². The van der Waals surface area contributed by atoms with Crippen LogP contribution in [0.1, 0.15) is 5.56 Å². The molecule has 0 aromatic carbocycles. The van der Waals surface area contributed by atoms with E-state index >= 15 is 0 Å². The molecule has 0 radical (unpaired) electrons. The molecule has 1 aromatic heterocycles. The number of H-pyrrole nitrogens is 1. The minimum Gasteiger partial charge on any atom is -0.404 e. The van der Waals surface area contributed by atoms with Crippen LogP contribution >= 0.6 is 15.9 Å².